The molecule has 0 unspecified atom stereocenters. The molecule has 76 heavy (non-hydrogen) atoms. The van der Waals surface area contributed by atoms with Gasteiger partial charge in [0, 0.05) is 44.7 Å². The van der Waals surface area contributed by atoms with Crippen molar-refractivity contribution in [1.29, 1.82) is 0 Å². The van der Waals surface area contributed by atoms with Crippen molar-refractivity contribution in [3.8, 4) is 0 Å². The van der Waals surface area contributed by atoms with Gasteiger partial charge in [-0.15, -0.1) is 0 Å². The van der Waals surface area contributed by atoms with Gasteiger partial charge in [-0.1, -0.05) is 44.2 Å². The van der Waals surface area contributed by atoms with Crippen molar-refractivity contribution in [2.24, 2.45) is 50.3 Å². The lowest BCUT2D eigenvalue weighted by molar-refractivity contribution is -0.135. The normalized spacial score (nSPS) is 13.7. The number of benzene rings is 1. The van der Waals surface area contributed by atoms with Gasteiger partial charge in [0.2, 0.25) is 53.2 Å². The number of nitrogens with zero attached hydrogens (tertiary/aromatic N) is 3. The first kappa shape index (κ1) is 64.6. The lowest BCUT2D eigenvalue weighted by Crippen LogP contribution is -2.59. The maximum Gasteiger partial charge on any atom is 0.243 e. The SMILES string of the molecule is CSCC[C@H](NC(=O)CNC(=O)[C@H](Cc1ccccc1)NC(=O)[C@H](Cc1cnc[nH]1)NC(=O)[C@H](CCCCN)NC(C)=O)C(=O)N[C@@H](CC(C)C)C(=O)N[C@@H](CCCN=C(N)N)C(=O)N[C@@H](CCCN=C(N)N)C(N)=O. The van der Waals surface area contributed by atoms with Crippen LogP contribution in [0.1, 0.15) is 89.8 Å². The number of amides is 9. The minimum atomic E-state index is -1.28. The van der Waals surface area contributed by atoms with Gasteiger partial charge in [0.15, 0.2) is 11.9 Å². The van der Waals surface area contributed by atoms with E-state index in [0.29, 0.717) is 42.8 Å². The van der Waals surface area contributed by atoms with Gasteiger partial charge < -0.3 is 81.9 Å². The summed E-state index contributed by atoms with van der Waals surface area (Å²) in [5, 5.41) is 21.3. The molecule has 1 aromatic carbocycles. The molecular formula is C48H80N18O9S. The van der Waals surface area contributed by atoms with Gasteiger partial charge in [0.25, 0.3) is 0 Å². The molecule has 0 bridgehead atoms. The largest absolute Gasteiger partial charge is 0.370 e. The van der Waals surface area contributed by atoms with Gasteiger partial charge in [-0.25, -0.2) is 4.98 Å². The lowest BCUT2D eigenvalue weighted by atomic mass is 10.0. The van der Waals surface area contributed by atoms with E-state index < -0.39 is 102 Å². The highest BCUT2D eigenvalue weighted by Crippen LogP contribution is 2.12. The van der Waals surface area contributed by atoms with E-state index in [1.807, 2.05) is 13.8 Å². The summed E-state index contributed by atoms with van der Waals surface area (Å²) in [6.07, 6.45) is 6.82. The summed E-state index contributed by atoms with van der Waals surface area (Å²) in [6.45, 7) is 4.93. The van der Waals surface area contributed by atoms with Gasteiger partial charge in [0.05, 0.1) is 12.9 Å². The smallest absolute Gasteiger partial charge is 0.243 e. The molecule has 27 nitrogen and oxygen atoms in total. The van der Waals surface area contributed by atoms with Crippen molar-refractivity contribution in [3.63, 3.8) is 0 Å². The van der Waals surface area contributed by atoms with Crippen LogP contribution in [0.25, 0.3) is 0 Å². The van der Waals surface area contributed by atoms with Gasteiger partial charge in [-0.3, -0.25) is 53.1 Å². The number of primary amides is 1. The van der Waals surface area contributed by atoms with Crippen LogP contribution < -0.4 is 76.9 Å². The van der Waals surface area contributed by atoms with E-state index in [2.05, 4.69) is 62.5 Å². The third-order valence-corrected chi connectivity index (χ3v) is 12.0. The minimum absolute atomic E-state index is 0.0167. The summed E-state index contributed by atoms with van der Waals surface area (Å²) in [4.78, 5) is 136. The molecule has 0 aliphatic carbocycles. The number of H-pyrrole nitrogens is 1. The molecule has 1 aromatic heterocycles. The molecular weight excluding hydrogens is 1000 g/mol. The first-order chi connectivity index (χ1) is 36.1. The molecule has 2 aromatic rings. The number of thioether (sulfide) groups is 1. The molecule has 9 amide bonds. The molecule has 0 radical (unpaired) electrons. The second kappa shape index (κ2) is 35.7. The van der Waals surface area contributed by atoms with Crippen molar-refractivity contribution in [2.45, 2.75) is 134 Å². The van der Waals surface area contributed by atoms with Gasteiger partial charge in [0.1, 0.15) is 42.3 Å². The van der Waals surface area contributed by atoms with Crippen molar-refractivity contribution in [3.05, 3.63) is 54.1 Å². The fourth-order valence-corrected chi connectivity index (χ4v) is 8.03. The highest BCUT2D eigenvalue weighted by molar-refractivity contribution is 7.98. The average molecular weight is 1090 g/mol. The molecule has 0 spiro atoms. The number of aromatic amines is 1. The Kier molecular flexibility index (Phi) is 30.3. The second-order valence-electron chi connectivity index (χ2n) is 18.4. The number of carbonyl (C=O) groups excluding carboxylic acids is 9. The topological polar surface area (TPSA) is 459 Å². The number of carbonyl (C=O) groups is 9. The Bertz CT molecular complexity index is 2230. The molecule has 1 heterocycles. The number of rotatable bonds is 37. The zero-order chi connectivity index (χ0) is 56.6. The lowest BCUT2D eigenvalue weighted by Gasteiger charge is -2.27. The Labute approximate surface area is 447 Å². The average Bonchev–Trinajstić information content (AvgIpc) is 3.88. The summed E-state index contributed by atoms with van der Waals surface area (Å²) >= 11 is 1.40. The maximum absolute atomic E-state index is 14.1. The molecule has 422 valence electrons. The van der Waals surface area contributed by atoms with Crippen molar-refractivity contribution < 1.29 is 43.2 Å². The number of nitrogens with one attached hydrogen (secondary N) is 9. The van der Waals surface area contributed by atoms with Crippen LogP contribution in [0.4, 0.5) is 0 Å². The number of nitrogens with two attached hydrogens (primary N) is 6. The van der Waals surface area contributed by atoms with Crippen LogP contribution in [-0.4, -0.2) is 156 Å². The third kappa shape index (κ3) is 26.6. The van der Waals surface area contributed by atoms with E-state index in [1.165, 1.54) is 31.2 Å². The number of guanidine groups is 2. The maximum atomic E-state index is 14.1. The summed E-state index contributed by atoms with van der Waals surface area (Å²) in [5.74, 6) is -6.47. The predicted octanol–water partition coefficient (Wildman–Crippen LogP) is -3.75. The van der Waals surface area contributed by atoms with Crippen molar-refractivity contribution in [1.82, 2.24) is 52.5 Å². The molecule has 0 aliphatic rings. The molecule has 7 atom stereocenters. The molecule has 2 rings (SSSR count). The van der Waals surface area contributed by atoms with Crippen LogP contribution >= 0.6 is 11.8 Å². The Morgan fingerprint density at radius 2 is 1.11 bits per heavy atom. The van der Waals surface area contributed by atoms with Crippen LogP contribution in [0.2, 0.25) is 0 Å². The molecule has 21 N–H and O–H groups in total. The summed E-state index contributed by atoms with van der Waals surface area (Å²) in [6, 6.07) is 0.472. The van der Waals surface area contributed by atoms with Crippen molar-refractivity contribution in [2.75, 3.05) is 38.2 Å². The van der Waals surface area contributed by atoms with Crippen LogP contribution in [0.5, 0.6) is 0 Å². The number of imidazole rings is 1. The van der Waals surface area contributed by atoms with E-state index in [0.717, 1.165) is 0 Å². The van der Waals surface area contributed by atoms with Gasteiger partial charge in [-0.2, -0.15) is 11.8 Å². The van der Waals surface area contributed by atoms with E-state index in [-0.39, 0.29) is 82.3 Å². The highest BCUT2D eigenvalue weighted by atomic mass is 32.2. The molecule has 28 heteroatoms. The Balaban J connectivity index is 2.32. The van der Waals surface area contributed by atoms with Crippen LogP contribution in [0, 0.1) is 5.92 Å². The zero-order valence-corrected chi connectivity index (χ0v) is 44.7. The summed E-state index contributed by atoms with van der Waals surface area (Å²) in [5.41, 5.74) is 34.1. The fourth-order valence-electron chi connectivity index (χ4n) is 7.56. The number of aliphatic imine (C=N–C) groups is 2. The molecule has 0 saturated heterocycles. The minimum Gasteiger partial charge on any atom is -0.370 e. The second-order valence-corrected chi connectivity index (χ2v) is 19.3. The number of hydrogen-bond donors (Lipinski definition) is 15. The van der Waals surface area contributed by atoms with Gasteiger partial charge >= 0.3 is 0 Å². The summed E-state index contributed by atoms with van der Waals surface area (Å²) < 4.78 is 0. The Morgan fingerprint density at radius 3 is 1.63 bits per heavy atom. The molecule has 0 saturated carbocycles. The molecule has 0 aliphatic heterocycles. The zero-order valence-electron chi connectivity index (χ0n) is 43.9. The monoisotopic (exact) mass is 1080 g/mol. The van der Waals surface area contributed by atoms with Gasteiger partial charge in [-0.05, 0) is 87.8 Å². The van der Waals surface area contributed by atoms with Crippen LogP contribution in [0.15, 0.2) is 52.8 Å². The summed E-state index contributed by atoms with van der Waals surface area (Å²) in [7, 11) is 0. The fraction of sp³-hybridized carbons (Fsp3) is 0.583. The Hall–Kier alpha value is -7.49. The van der Waals surface area contributed by atoms with E-state index >= 15 is 0 Å². The van der Waals surface area contributed by atoms with Crippen molar-refractivity contribution >= 4 is 76.8 Å². The number of unbranched alkanes of at least 4 members (excludes halogenated alkanes) is 1. The van der Waals surface area contributed by atoms with E-state index in [4.69, 9.17) is 34.4 Å². The highest BCUT2D eigenvalue weighted by Gasteiger charge is 2.33. The standard InChI is InChI=1S/C48H80N18O9S/c1-28(2)22-36(45(74)63-34(16-11-20-57-48(53)54)43(72)62-32(40(50)69)15-10-19-56-47(51)52)64-44(73)35(17-21-76-4)61-39(68)26-58-41(70)37(23-30-12-6-5-7-13-30)65-46(75)38(24-31-25-55-27-59-31)66-42(71)33(60-29(3)67)14-8-9-18-49/h5-7,12-13,25,27-28,32-38H,8-11,14-24,26,49H2,1-4H3,(H2,50,69)(H,55,59)(H,58,70)(H,60,67)(H,61,68)(H,62,72)(H,63,74)(H,64,73)(H,65,75)(H,66,71)(H4,51,52,56)(H4,53,54,57)/t32-,33-,34-,35-,36-,37-,38-/m0/s1. The quantitative estimate of drug-likeness (QED) is 0.0176. The first-order valence-corrected chi connectivity index (χ1v) is 26.5. The predicted molar refractivity (Wildman–Crippen MR) is 289 cm³/mol. The van der Waals surface area contributed by atoms with E-state index in [1.54, 1.807) is 36.6 Å². The number of hydrogen-bond acceptors (Lipinski definition) is 14. The third-order valence-electron chi connectivity index (χ3n) is 11.4. The van der Waals surface area contributed by atoms with Crippen LogP contribution in [-0.2, 0) is 56.0 Å². The van der Waals surface area contributed by atoms with Crippen LogP contribution in [0.3, 0.4) is 0 Å². The van der Waals surface area contributed by atoms with E-state index in [9.17, 15) is 43.2 Å². The first-order valence-electron chi connectivity index (χ1n) is 25.1. The Morgan fingerprint density at radius 1 is 0.605 bits per heavy atom. The number of aromatic nitrogens is 2. The molecule has 0 fully saturated rings.